The third-order valence-corrected chi connectivity index (χ3v) is 3.74. The highest BCUT2D eigenvalue weighted by atomic mass is 19.1. The lowest BCUT2D eigenvalue weighted by Gasteiger charge is -2.26. The van der Waals surface area contributed by atoms with Crippen molar-refractivity contribution < 1.29 is 8.78 Å². The van der Waals surface area contributed by atoms with E-state index in [0.717, 1.165) is 24.9 Å². The summed E-state index contributed by atoms with van der Waals surface area (Å²) in [6.07, 6.45) is 5.05. The Morgan fingerprint density at radius 1 is 1.33 bits per heavy atom. The lowest BCUT2D eigenvalue weighted by atomic mass is 9.83. The molecule has 0 saturated heterocycles. The second kappa shape index (κ2) is 6.25. The standard InChI is InChI=1S/C14H20F2N2/c15-11-4-5-12(13(16)8-11)14(9-17)18-7-6-10-2-1-3-10/h4-5,8,10,14,18H,1-3,6-7,9,17H2. The number of hydrogen-bond acceptors (Lipinski definition) is 2. The lowest BCUT2D eigenvalue weighted by molar-refractivity contribution is 0.287. The van der Waals surface area contributed by atoms with Crippen molar-refractivity contribution >= 4 is 0 Å². The van der Waals surface area contributed by atoms with Crippen molar-refractivity contribution in [2.24, 2.45) is 11.7 Å². The van der Waals surface area contributed by atoms with Crippen LogP contribution < -0.4 is 11.1 Å². The van der Waals surface area contributed by atoms with Crippen molar-refractivity contribution in [2.45, 2.75) is 31.7 Å². The van der Waals surface area contributed by atoms with E-state index in [1.54, 1.807) is 0 Å². The summed E-state index contributed by atoms with van der Waals surface area (Å²) < 4.78 is 26.4. The fourth-order valence-corrected chi connectivity index (χ4v) is 2.35. The molecule has 1 aromatic rings. The smallest absolute Gasteiger partial charge is 0.130 e. The van der Waals surface area contributed by atoms with E-state index in [4.69, 9.17) is 5.73 Å². The summed E-state index contributed by atoms with van der Waals surface area (Å²) in [5, 5.41) is 3.26. The van der Waals surface area contributed by atoms with Crippen LogP contribution in [0, 0.1) is 17.6 Å². The average molecular weight is 254 g/mol. The van der Waals surface area contributed by atoms with Crippen molar-refractivity contribution in [1.82, 2.24) is 5.32 Å². The third kappa shape index (κ3) is 3.27. The number of nitrogens with one attached hydrogen (secondary N) is 1. The molecular formula is C14H20F2N2. The van der Waals surface area contributed by atoms with Crippen LogP contribution in [0.1, 0.15) is 37.3 Å². The molecule has 1 atom stereocenters. The van der Waals surface area contributed by atoms with Crippen molar-refractivity contribution in [3.8, 4) is 0 Å². The topological polar surface area (TPSA) is 38.0 Å². The van der Waals surface area contributed by atoms with Gasteiger partial charge in [-0.25, -0.2) is 8.78 Å². The van der Waals surface area contributed by atoms with Gasteiger partial charge in [0.15, 0.2) is 0 Å². The lowest BCUT2D eigenvalue weighted by Crippen LogP contribution is -2.31. The summed E-state index contributed by atoms with van der Waals surface area (Å²) in [7, 11) is 0. The first-order valence-corrected chi connectivity index (χ1v) is 6.59. The number of nitrogens with two attached hydrogens (primary N) is 1. The van der Waals surface area contributed by atoms with Gasteiger partial charge < -0.3 is 11.1 Å². The Balaban J connectivity index is 1.89. The van der Waals surface area contributed by atoms with Crippen molar-refractivity contribution in [1.29, 1.82) is 0 Å². The Bertz CT molecular complexity index is 391. The predicted octanol–water partition coefficient (Wildman–Crippen LogP) is 2.74. The largest absolute Gasteiger partial charge is 0.329 e. The van der Waals surface area contributed by atoms with E-state index in [1.165, 1.54) is 31.4 Å². The second-order valence-electron chi connectivity index (χ2n) is 4.99. The van der Waals surface area contributed by atoms with Gasteiger partial charge in [0.25, 0.3) is 0 Å². The Kier molecular flexibility index (Phi) is 4.66. The maximum absolute atomic E-state index is 13.6. The molecule has 0 aliphatic heterocycles. The summed E-state index contributed by atoms with van der Waals surface area (Å²) in [4.78, 5) is 0. The van der Waals surface area contributed by atoms with Gasteiger partial charge in [0.2, 0.25) is 0 Å². The predicted molar refractivity (Wildman–Crippen MR) is 68.1 cm³/mol. The SMILES string of the molecule is NCC(NCCC1CCC1)c1ccc(F)cc1F. The zero-order chi connectivity index (χ0) is 13.0. The van der Waals surface area contributed by atoms with Crippen LogP contribution in [-0.4, -0.2) is 13.1 Å². The van der Waals surface area contributed by atoms with Gasteiger partial charge in [-0.2, -0.15) is 0 Å². The molecular weight excluding hydrogens is 234 g/mol. The van der Waals surface area contributed by atoms with Gasteiger partial charge in [-0.05, 0) is 24.9 Å². The Labute approximate surface area is 107 Å². The molecule has 0 aromatic heterocycles. The minimum absolute atomic E-state index is 0.231. The summed E-state index contributed by atoms with van der Waals surface area (Å²) in [6, 6.07) is 3.42. The van der Waals surface area contributed by atoms with Gasteiger partial charge in [-0.15, -0.1) is 0 Å². The van der Waals surface area contributed by atoms with Gasteiger partial charge >= 0.3 is 0 Å². The van der Waals surface area contributed by atoms with Crippen molar-refractivity contribution in [3.63, 3.8) is 0 Å². The van der Waals surface area contributed by atoms with E-state index >= 15 is 0 Å². The van der Waals surface area contributed by atoms with Crippen LogP contribution in [0.5, 0.6) is 0 Å². The molecule has 0 amide bonds. The highest BCUT2D eigenvalue weighted by Crippen LogP contribution is 2.29. The Morgan fingerprint density at radius 3 is 2.67 bits per heavy atom. The van der Waals surface area contributed by atoms with Gasteiger partial charge in [-0.1, -0.05) is 25.3 Å². The first kappa shape index (κ1) is 13.4. The molecule has 1 fully saturated rings. The molecule has 100 valence electrons. The Hall–Kier alpha value is -1.00. The highest BCUT2D eigenvalue weighted by molar-refractivity contribution is 5.22. The van der Waals surface area contributed by atoms with Crippen LogP contribution in [0.2, 0.25) is 0 Å². The summed E-state index contributed by atoms with van der Waals surface area (Å²) in [5.74, 6) is -0.267. The van der Waals surface area contributed by atoms with Crippen molar-refractivity contribution in [3.05, 3.63) is 35.4 Å². The normalized spacial score (nSPS) is 17.5. The molecule has 2 nitrogen and oxygen atoms in total. The summed E-state index contributed by atoms with van der Waals surface area (Å²) in [6.45, 7) is 1.15. The molecule has 0 bridgehead atoms. The van der Waals surface area contributed by atoms with E-state index < -0.39 is 11.6 Å². The molecule has 1 aliphatic carbocycles. The minimum atomic E-state index is -0.554. The number of benzene rings is 1. The molecule has 2 rings (SSSR count). The van der Waals surface area contributed by atoms with E-state index in [9.17, 15) is 8.78 Å². The molecule has 18 heavy (non-hydrogen) atoms. The molecule has 1 unspecified atom stereocenters. The molecule has 1 aromatic carbocycles. The fourth-order valence-electron chi connectivity index (χ4n) is 2.35. The van der Waals surface area contributed by atoms with E-state index in [0.29, 0.717) is 12.1 Å². The zero-order valence-electron chi connectivity index (χ0n) is 10.5. The number of rotatable bonds is 6. The molecule has 4 heteroatoms. The van der Waals surface area contributed by atoms with Crippen LogP contribution in [-0.2, 0) is 0 Å². The average Bonchev–Trinajstić information content (AvgIpc) is 2.28. The summed E-state index contributed by atoms with van der Waals surface area (Å²) in [5.41, 5.74) is 6.10. The van der Waals surface area contributed by atoms with Gasteiger partial charge in [0.1, 0.15) is 11.6 Å². The first-order chi connectivity index (χ1) is 8.70. The molecule has 0 spiro atoms. The van der Waals surface area contributed by atoms with Gasteiger partial charge in [0.05, 0.1) is 0 Å². The second-order valence-corrected chi connectivity index (χ2v) is 4.99. The number of hydrogen-bond donors (Lipinski definition) is 2. The van der Waals surface area contributed by atoms with Crippen LogP contribution in [0.15, 0.2) is 18.2 Å². The third-order valence-electron chi connectivity index (χ3n) is 3.74. The van der Waals surface area contributed by atoms with E-state index in [1.807, 2.05) is 0 Å². The van der Waals surface area contributed by atoms with Crippen LogP contribution in [0.4, 0.5) is 8.78 Å². The molecule has 3 N–H and O–H groups in total. The van der Waals surface area contributed by atoms with Crippen LogP contribution in [0.25, 0.3) is 0 Å². The summed E-state index contributed by atoms with van der Waals surface area (Å²) >= 11 is 0. The van der Waals surface area contributed by atoms with E-state index in [2.05, 4.69) is 5.32 Å². The maximum atomic E-state index is 13.6. The van der Waals surface area contributed by atoms with E-state index in [-0.39, 0.29) is 6.04 Å². The quantitative estimate of drug-likeness (QED) is 0.819. The number of halogens is 2. The zero-order valence-corrected chi connectivity index (χ0v) is 10.5. The van der Waals surface area contributed by atoms with Crippen LogP contribution in [0.3, 0.4) is 0 Å². The van der Waals surface area contributed by atoms with Crippen molar-refractivity contribution in [2.75, 3.05) is 13.1 Å². The first-order valence-electron chi connectivity index (χ1n) is 6.59. The molecule has 0 radical (unpaired) electrons. The minimum Gasteiger partial charge on any atom is -0.329 e. The monoisotopic (exact) mass is 254 g/mol. The Morgan fingerprint density at radius 2 is 2.11 bits per heavy atom. The maximum Gasteiger partial charge on any atom is 0.130 e. The fraction of sp³-hybridized carbons (Fsp3) is 0.571. The molecule has 1 saturated carbocycles. The van der Waals surface area contributed by atoms with Gasteiger partial charge in [0, 0.05) is 24.2 Å². The highest BCUT2D eigenvalue weighted by Gasteiger charge is 2.18. The van der Waals surface area contributed by atoms with Gasteiger partial charge in [-0.3, -0.25) is 0 Å². The molecule has 0 heterocycles. The van der Waals surface area contributed by atoms with Crippen LogP contribution >= 0.6 is 0 Å². The molecule has 1 aliphatic rings.